The van der Waals surface area contributed by atoms with Crippen LogP contribution >= 0.6 is 0 Å². The first-order chi connectivity index (χ1) is 18.4. The van der Waals surface area contributed by atoms with E-state index < -0.39 is 30.1 Å². The average molecular weight is 559 g/mol. The molecule has 0 bridgehead atoms. The number of likely N-dealkylation sites (N-methyl/N-ethyl adjacent to an activating group) is 1. The monoisotopic (exact) mass is 558 g/mol. The van der Waals surface area contributed by atoms with Crippen LogP contribution in [0.25, 0.3) is 0 Å². The summed E-state index contributed by atoms with van der Waals surface area (Å²) in [6, 6.07) is -1.42. The van der Waals surface area contributed by atoms with Crippen molar-refractivity contribution < 1.29 is 33.4 Å². The molecule has 228 valence electrons. The van der Waals surface area contributed by atoms with E-state index in [2.05, 4.69) is 23.9 Å². The van der Waals surface area contributed by atoms with E-state index in [9.17, 15) is 19.2 Å². The van der Waals surface area contributed by atoms with Gasteiger partial charge in [-0.15, -0.1) is 0 Å². The molecule has 1 aliphatic heterocycles. The predicted octanol–water partition coefficient (Wildman–Crippen LogP) is 1.96. The lowest BCUT2D eigenvalue weighted by Crippen LogP contribution is -2.54. The Hall–Kier alpha value is -2.24. The molecule has 0 aromatic heterocycles. The molecule has 1 heterocycles. The largest absolute Gasteiger partial charge is 0.467 e. The van der Waals surface area contributed by atoms with Gasteiger partial charge < -0.3 is 35.1 Å². The Balaban J connectivity index is 0.00000458. The van der Waals surface area contributed by atoms with Crippen LogP contribution in [0.2, 0.25) is 0 Å². The van der Waals surface area contributed by atoms with E-state index in [0.717, 1.165) is 12.8 Å². The standard InChI is InChI=1S/C25H46N4O7.C3H8/c1-9-15(2)22(28(5)21(31)14-26)19(34-6)13-20(30)29-12-10-11-18(29)23(35-7)16(3)24(32)27-17(4)25(33)36-8;1-3-2/h15-19,22-23H,9-14,26H2,1-8H3,(H,27,32);3H2,1-2H3/t15?,16?,17-,18?,19?,22?,23?;/m0./s1. The third-order valence-electron chi connectivity index (χ3n) is 7.39. The number of rotatable bonds is 14. The fourth-order valence-corrected chi connectivity index (χ4v) is 5.05. The van der Waals surface area contributed by atoms with Gasteiger partial charge in [0.05, 0.1) is 50.3 Å². The highest BCUT2D eigenvalue weighted by molar-refractivity contribution is 5.86. The van der Waals surface area contributed by atoms with E-state index in [1.165, 1.54) is 20.6 Å². The maximum atomic E-state index is 13.5. The summed E-state index contributed by atoms with van der Waals surface area (Å²) in [5.41, 5.74) is 5.59. The fourth-order valence-electron chi connectivity index (χ4n) is 5.05. The molecule has 0 aliphatic carbocycles. The second kappa shape index (κ2) is 18.9. The van der Waals surface area contributed by atoms with Crippen LogP contribution in [-0.4, -0.2) is 105 Å². The van der Waals surface area contributed by atoms with E-state index in [-0.39, 0.29) is 48.7 Å². The number of hydrogen-bond acceptors (Lipinski definition) is 8. The number of nitrogens with two attached hydrogens (primary N) is 1. The molecular formula is C28H54N4O7. The summed E-state index contributed by atoms with van der Waals surface area (Å²) in [6.07, 6.45) is 2.52. The molecule has 0 aromatic rings. The zero-order valence-corrected chi connectivity index (χ0v) is 25.8. The fraction of sp³-hybridized carbons (Fsp3) is 0.857. The number of ether oxygens (including phenoxy) is 3. The Kier molecular flexibility index (Phi) is 17.9. The average Bonchev–Trinajstić information content (AvgIpc) is 3.41. The molecule has 0 saturated carbocycles. The number of carbonyl (C=O) groups excluding carboxylic acids is 4. The molecule has 39 heavy (non-hydrogen) atoms. The first-order valence-corrected chi connectivity index (χ1v) is 14.1. The zero-order chi connectivity index (χ0) is 30.3. The minimum Gasteiger partial charge on any atom is -0.467 e. The van der Waals surface area contributed by atoms with Crippen molar-refractivity contribution in [1.82, 2.24) is 15.1 Å². The molecule has 0 spiro atoms. The van der Waals surface area contributed by atoms with Gasteiger partial charge in [0.15, 0.2) is 0 Å². The van der Waals surface area contributed by atoms with Crippen molar-refractivity contribution in [3.8, 4) is 0 Å². The number of nitrogens with one attached hydrogen (secondary N) is 1. The number of amides is 3. The molecule has 1 saturated heterocycles. The number of methoxy groups -OCH3 is 3. The van der Waals surface area contributed by atoms with Gasteiger partial charge >= 0.3 is 5.97 Å². The van der Waals surface area contributed by atoms with Crippen LogP contribution < -0.4 is 11.1 Å². The second-order valence-corrected chi connectivity index (χ2v) is 10.3. The smallest absolute Gasteiger partial charge is 0.328 e. The highest BCUT2D eigenvalue weighted by Crippen LogP contribution is 2.29. The van der Waals surface area contributed by atoms with Crippen LogP contribution in [0.15, 0.2) is 0 Å². The topological polar surface area (TPSA) is 141 Å². The summed E-state index contributed by atoms with van der Waals surface area (Å²) in [7, 11) is 6.01. The molecule has 0 aromatic carbocycles. The zero-order valence-electron chi connectivity index (χ0n) is 25.8. The van der Waals surface area contributed by atoms with Crippen LogP contribution in [-0.2, 0) is 33.4 Å². The lowest BCUT2D eigenvalue weighted by atomic mass is 9.90. The molecule has 1 aliphatic rings. The van der Waals surface area contributed by atoms with Crippen molar-refractivity contribution in [3.63, 3.8) is 0 Å². The Bertz CT molecular complexity index is 766. The van der Waals surface area contributed by atoms with Crippen LogP contribution in [0, 0.1) is 11.8 Å². The Morgan fingerprint density at radius 2 is 1.64 bits per heavy atom. The highest BCUT2D eigenvalue weighted by Gasteiger charge is 2.42. The van der Waals surface area contributed by atoms with Gasteiger partial charge in [0.2, 0.25) is 17.7 Å². The predicted molar refractivity (Wildman–Crippen MR) is 151 cm³/mol. The molecule has 3 amide bonds. The molecule has 11 heteroatoms. The minimum atomic E-state index is -0.795. The van der Waals surface area contributed by atoms with Crippen molar-refractivity contribution in [3.05, 3.63) is 0 Å². The van der Waals surface area contributed by atoms with E-state index in [1.807, 2.05) is 13.8 Å². The van der Waals surface area contributed by atoms with Crippen molar-refractivity contribution in [2.75, 3.05) is 41.5 Å². The molecule has 6 unspecified atom stereocenters. The molecule has 7 atom stereocenters. The van der Waals surface area contributed by atoms with E-state index in [1.54, 1.807) is 37.8 Å². The van der Waals surface area contributed by atoms with E-state index in [4.69, 9.17) is 15.2 Å². The normalized spacial score (nSPS) is 19.5. The molecule has 1 rings (SSSR count). The summed E-state index contributed by atoms with van der Waals surface area (Å²) < 4.78 is 16.1. The van der Waals surface area contributed by atoms with Gasteiger partial charge in [0, 0.05) is 27.8 Å². The molecule has 3 N–H and O–H groups in total. The maximum Gasteiger partial charge on any atom is 0.328 e. The summed E-state index contributed by atoms with van der Waals surface area (Å²) in [5, 5.41) is 2.65. The van der Waals surface area contributed by atoms with Crippen molar-refractivity contribution >= 4 is 23.7 Å². The molecule has 0 radical (unpaired) electrons. The molecular weight excluding hydrogens is 504 g/mol. The van der Waals surface area contributed by atoms with Gasteiger partial charge in [-0.05, 0) is 25.7 Å². The SMILES string of the molecule is CCC.CCC(C)C(C(CC(=O)N1CCCC1C(OC)C(C)C(=O)N[C@@H](C)C(=O)OC)OC)N(C)C(=O)CN. The van der Waals surface area contributed by atoms with Gasteiger partial charge in [-0.25, -0.2) is 4.79 Å². The van der Waals surface area contributed by atoms with Crippen LogP contribution in [0.1, 0.15) is 73.6 Å². The number of esters is 1. The van der Waals surface area contributed by atoms with Gasteiger partial charge in [-0.1, -0.05) is 47.5 Å². The van der Waals surface area contributed by atoms with Crippen molar-refractivity contribution in [1.29, 1.82) is 0 Å². The third kappa shape index (κ3) is 10.7. The summed E-state index contributed by atoms with van der Waals surface area (Å²) >= 11 is 0. The van der Waals surface area contributed by atoms with Crippen LogP contribution in [0.3, 0.4) is 0 Å². The van der Waals surface area contributed by atoms with Crippen molar-refractivity contribution in [2.45, 2.75) is 104 Å². The summed E-state index contributed by atoms with van der Waals surface area (Å²) in [5.74, 6) is -1.75. The third-order valence-corrected chi connectivity index (χ3v) is 7.39. The van der Waals surface area contributed by atoms with Crippen LogP contribution in [0.5, 0.6) is 0 Å². The highest BCUT2D eigenvalue weighted by atomic mass is 16.5. The summed E-state index contributed by atoms with van der Waals surface area (Å²) in [6.45, 7) is 12.0. The lowest BCUT2D eigenvalue weighted by Gasteiger charge is -2.39. The van der Waals surface area contributed by atoms with Gasteiger partial charge in [0.1, 0.15) is 6.04 Å². The number of carbonyl (C=O) groups is 4. The van der Waals surface area contributed by atoms with Gasteiger partial charge in [-0.3, -0.25) is 14.4 Å². The van der Waals surface area contributed by atoms with Crippen molar-refractivity contribution in [2.24, 2.45) is 17.6 Å². The summed E-state index contributed by atoms with van der Waals surface area (Å²) in [4.78, 5) is 53.8. The molecule has 11 nitrogen and oxygen atoms in total. The first-order valence-electron chi connectivity index (χ1n) is 14.1. The van der Waals surface area contributed by atoms with E-state index in [0.29, 0.717) is 13.0 Å². The van der Waals surface area contributed by atoms with E-state index >= 15 is 0 Å². The Labute approximate surface area is 235 Å². The quantitative estimate of drug-likeness (QED) is 0.308. The number of hydrogen-bond donors (Lipinski definition) is 2. The Morgan fingerprint density at radius 3 is 2.10 bits per heavy atom. The Morgan fingerprint density at radius 1 is 1.05 bits per heavy atom. The van der Waals surface area contributed by atoms with Crippen LogP contribution in [0.4, 0.5) is 0 Å². The van der Waals surface area contributed by atoms with Gasteiger partial charge in [-0.2, -0.15) is 0 Å². The lowest BCUT2D eigenvalue weighted by molar-refractivity contribution is -0.147. The first kappa shape index (κ1) is 36.8. The number of likely N-dealkylation sites (tertiary alicyclic amines) is 1. The second-order valence-electron chi connectivity index (χ2n) is 10.3. The molecule has 1 fully saturated rings. The van der Waals surface area contributed by atoms with Gasteiger partial charge in [0.25, 0.3) is 0 Å². The maximum absolute atomic E-state index is 13.5. The minimum absolute atomic E-state index is 0.0839. The number of nitrogens with zero attached hydrogens (tertiary/aromatic N) is 2.